The van der Waals surface area contributed by atoms with Crippen LogP contribution in [0.25, 0.3) is 0 Å². The van der Waals surface area contributed by atoms with Gasteiger partial charge in [-0.2, -0.15) is 0 Å². The molecule has 1 saturated carbocycles. The summed E-state index contributed by atoms with van der Waals surface area (Å²) in [4.78, 5) is 0. The van der Waals surface area contributed by atoms with E-state index in [1.165, 1.54) is 25.7 Å². The quantitative estimate of drug-likeness (QED) is 0.397. The van der Waals surface area contributed by atoms with Gasteiger partial charge < -0.3 is 5.21 Å². The zero-order valence-corrected chi connectivity index (χ0v) is 9.01. The first-order valence-corrected chi connectivity index (χ1v) is 5.24. The summed E-state index contributed by atoms with van der Waals surface area (Å²) >= 11 is 0. The van der Waals surface area contributed by atoms with E-state index in [0.29, 0.717) is 5.92 Å². The monoisotopic (exact) mass is 183 g/mol. The van der Waals surface area contributed by atoms with Crippen molar-refractivity contribution in [1.82, 2.24) is 0 Å². The highest BCUT2D eigenvalue weighted by molar-refractivity contribution is 5.86. The van der Waals surface area contributed by atoms with E-state index >= 15 is 0 Å². The van der Waals surface area contributed by atoms with E-state index in [0.717, 1.165) is 12.1 Å². The number of oxime groups is 1. The molecule has 0 heterocycles. The number of nitrogens with zero attached hydrogens (tertiary/aromatic N) is 1. The van der Waals surface area contributed by atoms with Gasteiger partial charge in [0.05, 0.1) is 5.71 Å². The number of hydrogen-bond acceptors (Lipinski definition) is 2. The van der Waals surface area contributed by atoms with Crippen LogP contribution in [0.2, 0.25) is 0 Å². The van der Waals surface area contributed by atoms with Crippen LogP contribution in [-0.2, 0) is 0 Å². The molecule has 1 fully saturated rings. The minimum Gasteiger partial charge on any atom is -0.411 e. The largest absolute Gasteiger partial charge is 0.411 e. The topological polar surface area (TPSA) is 32.6 Å². The summed E-state index contributed by atoms with van der Waals surface area (Å²) in [5.74, 6) is 0.559. The molecule has 2 heteroatoms. The lowest BCUT2D eigenvalue weighted by atomic mass is 9.84. The average Bonchev–Trinajstić information content (AvgIpc) is 2.50. The van der Waals surface area contributed by atoms with Gasteiger partial charge in [0.25, 0.3) is 0 Å². The standard InChI is InChI=1S/C11H21NO/c1-11(2,3)8-10(12-13)9-6-4-5-7-9/h9,13H,4-8H2,1-3H3. The van der Waals surface area contributed by atoms with Gasteiger partial charge in [-0.15, -0.1) is 0 Å². The summed E-state index contributed by atoms with van der Waals surface area (Å²) < 4.78 is 0. The third-order valence-electron chi connectivity index (χ3n) is 2.67. The molecule has 1 rings (SSSR count). The predicted octanol–water partition coefficient (Wildman–Crippen LogP) is 3.44. The van der Waals surface area contributed by atoms with Gasteiger partial charge in [0.15, 0.2) is 0 Å². The summed E-state index contributed by atoms with van der Waals surface area (Å²) in [6.45, 7) is 6.56. The maximum absolute atomic E-state index is 8.94. The summed E-state index contributed by atoms with van der Waals surface area (Å²) in [6, 6.07) is 0. The lowest BCUT2D eigenvalue weighted by Gasteiger charge is -2.21. The molecule has 0 unspecified atom stereocenters. The third-order valence-corrected chi connectivity index (χ3v) is 2.67. The lowest BCUT2D eigenvalue weighted by molar-refractivity contribution is 0.306. The molecule has 0 amide bonds. The third kappa shape index (κ3) is 3.37. The maximum Gasteiger partial charge on any atom is 0.0606 e. The van der Waals surface area contributed by atoms with Crippen LogP contribution in [0.4, 0.5) is 0 Å². The second-order valence-electron chi connectivity index (χ2n) is 5.31. The van der Waals surface area contributed by atoms with E-state index in [-0.39, 0.29) is 5.41 Å². The molecule has 1 aliphatic rings. The summed E-state index contributed by atoms with van der Waals surface area (Å²) in [5.41, 5.74) is 1.26. The molecule has 0 aromatic rings. The smallest absolute Gasteiger partial charge is 0.0606 e. The van der Waals surface area contributed by atoms with Crippen molar-refractivity contribution in [2.45, 2.75) is 52.9 Å². The molecule has 0 atom stereocenters. The normalized spacial score (nSPS) is 21.0. The van der Waals surface area contributed by atoms with Crippen molar-refractivity contribution in [2.24, 2.45) is 16.5 Å². The second-order valence-corrected chi connectivity index (χ2v) is 5.31. The Bertz CT molecular complexity index is 185. The van der Waals surface area contributed by atoms with Crippen molar-refractivity contribution in [3.8, 4) is 0 Å². The molecular formula is C11H21NO. The van der Waals surface area contributed by atoms with Gasteiger partial charge in [-0.25, -0.2) is 0 Å². The fraction of sp³-hybridized carbons (Fsp3) is 0.909. The highest BCUT2D eigenvalue weighted by Gasteiger charge is 2.25. The van der Waals surface area contributed by atoms with Crippen LogP contribution in [0.15, 0.2) is 5.16 Å². The zero-order chi connectivity index (χ0) is 9.90. The van der Waals surface area contributed by atoms with Crippen LogP contribution in [-0.4, -0.2) is 10.9 Å². The Balaban J connectivity index is 2.53. The SMILES string of the molecule is CC(C)(C)CC(=NO)C1CCCC1. The highest BCUT2D eigenvalue weighted by Crippen LogP contribution is 2.31. The van der Waals surface area contributed by atoms with Gasteiger partial charge in [-0.3, -0.25) is 0 Å². The fourth-order valence-electron chi connectivity index (χ4n) is 2.06. The number of hydrogen-bond donors (Lipinski definition) is 1. The molecule has 0 spiro atoms. The van der Waals surface area contributed by atoms with Crippen molar-refractivity contribution in [1.29, 1.82) is 0 Å². The van der Waals surface area contributed by atoms with Crippen LogP contribution in [0.1, 0.15) is 52.9 Å². The van der Waals surface area contributed by atoms with Crippen molar-refractivity contribution in [2.75, 3.05) is 0 Å². The molecule has 1 aliphatic carbocycles. The summed E-state index contributed by atoms with van der Waals surface area (Å²) in [6.07, 6.45) is 5.96. The molecule has 0 bridgehead atoms. The molecular weight excluding hydrogens is 162 g/mol. The van der Waals surface area contributed by atoms with Crippen LogP contribution in [0.3, 0.4) is 0 Å². The van der Waals surface area contributed by atoms with E-state index < -0.39 is 0 Å². The Labute approximate surface area is 81.0 Å². The van der Waals surface area contributed by atoms with E-state index in [1.807, 2.05) is 0 Å². The molecule has 2 nitrogen and oxygen atoms in total. The predicted molar refractivity (Wildman–Crippen MR) is 55.3 cm³/mol. The van der Waals surface area contributed by atoms with Crippen LogP contribution in [0.5, 0.6) is 0 Å². The van der Waals surface area contributed by atoms with Gasteiger partial charge in [-0.05, 0) is 24.7 Å². The van der Waals surface area contributed by atoms with Crippen LogP contribution in [0, 0.1) is 11.3 Å². The fourth-order valence-corrected chi connectivity index (χ4v) is 2.06. The van der Waals surface area contributed by atoms with Gasteiger partial charge >= 0.3 is 0 Å². The van der Waals surface area contributed by atoms with Crippen LogP contribution >= 0.6 is 0 Å². The van der Waals surface area contributed by atoms with Crippen molar-refractivity contribution in [3.05, 3.63) is 0 Å². The summed E-state index contributed by atoms with van der Waals surface area (Å²) in [5, 5.41) is 12.4. The Kier molecular flexibility index (Phi) is 3.34. The highest BCUT2D eigenvalue weighted by atomic mass is 16.4. The van der Waals surface area contributed by atoms with Crippen molar-refractivity contribution in [3.63, 3.8) is 0 Å². The maximum atomic E-state index is 8.94. The minimum atomic E-state index is 0.240. The lowest BCUT2D eigenvalue weighted by Crippen LogP contribution is -2.19. The molecule has 0 saturated heterocycles. The number of rotatable bonds is 2. The zero-order valence-electron chi connectivity index (χ0n) is 9.01. The molecule has 76 valence electrons. The first kappa shape index (κ1) is 10.6. The van der Waals surface area contributed by atoms with E-state index in [1.54, 1.807) is 0 Å². The van der Waals surface area contributed by atoms with E-state index in [2.05, 4.69) is 25.9 Å². The van der Waals surface area contributed by atoms with Gasteiger partial charge in [0.1, 0.15) is 0 Å². The first-order chi connectivity index (χ1) is 6.03. The molecule has 0 aliphatic heterocycles. The Morgan fingerprint density at radius 2 is 1.85 bits per heavy atom. The van der Waals surface area contributed by atoms with Gasteiger partial charge in [-0.1, -0.05) is 38.8 Å². The Morgan fingerprint density at radius 1 is 1.31 bits per heavy atom. The molecule has 0 aromatic carbocycles. The van der Waals surface area contributed by atoms with E-state index in [4.69, 9.17) is 5.21 Å². The molecule has 0 radical (unpaired) electrons. The van der Waals surface area contributed by atoms with E-state index in [9.17, 15) is 0 Å². The Morgan fingerprint density at radius 3 is 2.23 bits per heavy atom. The summed E-state index contributed by atoms with van der Waals surface area (Å²) in [7, 11) is 0. The van der Waals surface area contributed by atoms with Crippen molar-refractivity contribution < 1.29 is 5.21 Å². The van der Waals surface area contributed by atoms with Crippen LogP contribution < -0.4 is 0 Å². The molecule has 0 aromatic heterocycles. The first-order valence-electron chi connectivity index (χ1n) is 5.24. The van der Waals surface area contributed by atoms with Gasteiger partial charge in [0.2, 0.25) is 0 Å². The van der Waals surface area contributed by atoms with Gasteiger partial charge in [0, 0.05) is 5.92 Å². The minimum absolute atomic E-state index is 0.240. The second kappa shape index (κ2) is 4.12. The average molecular weight is 183 g/mol. The molecule has 13 heavy (non-hydrogen) atoms. The molecule has 1 N–H and O–H groups in total. The Hall–Kier alpha value is -0.530. The van der Waals surface area contributed by atoms with Crippen molar-refractivity contribution >= 4 is 5.71 Å².